The molecule has 1 unspecified atom stereocenters. The molecule has 6 heteroatoms. The van der Waals surface area contributed by atoms with Gasteiger partial charge in [0.05, 0.1) is 23.2 Å². The number of halogens is 2. The summed E-state index contributed by atoms with van der Waals surface area (Å²) in [7, 11) is 0. The SMILES string of the molecule is CCOC(=O)C(C)c1csc(-c2ccc(Cl)cc2Cl)n1. The molecule has 0 aliphatic rings. The normalized spacial score (nSPS) is 12.2. The van der Waals surface area contributed by atoms with Crippen molar-refractivity contribution in [2.75, 3.05) is 6.61 Å². The number of carbonyl (C=O) groups is 1. The fourth-order valence-electron chi connectivity index (χ4n) is 1.66. The van der Waals surface area contributed by atoms with E-state index < -0.39 is 0 Å². The Morgan fingerprint density at radius 3 is 2.85 bits per heavy atom. The first kappa shape index (κ1) is 15.3. The topological polar surface area (TPSA) is 39.2 Å². The lowest BCUT2D eigenvalue weighted by Gasteiger charge is -2.07. The van der Waals surface area contributed by atoms with Crippen LogP contribution in [0.15, 0.2) is 23.6 Å². The number of nitrogens with zero attached hydrogens (tertiary/aromatic N) is 1. The minimum Gasteiger partial charge on any atom is -0.465 e. The van der Waals surface area contributed by atoms with Crippen LogP contribution in [0.3, 0.4) is 0 Å². The Labute approximate surface area is 131 Å². The molecule has 0 fully saturated rings. The van der Waals surface area contributed by atoms with Gasteiger partial charge in [0.1, 0.15) is 5.01 Å². The number of aromatic nitrogens is 1. The number of hydrogen-bond acceptors (Lipinski definition) is 4. The van der Waals surface area contributed by atoms with Crippen molar-refractivity contribution in [2.45, 2.75) is 19.8 Å². The van der Waals surface area contributed by atoms with Crippen LogP contribution in [0.5, 0.6) is 0 Å². The van der Waals surface area contributed by atoms with Gasteiger partial charge in [0.15, 0.2) is 0 Å². The van der Waals surface area contributed by atoms with Crippen molar-refractivity contribution in [1.82, 2.24) is 4.98 Å². The molecule has 0 radical (unpaired) electrons. The van der Waals surface area contributed by atoms with Crippen molar-refractivity contribution in [3.8, 4) is 10.6 Å². The summed E-state index contributed by atoms with van der Waals surface area (Å²) in [5, 5.41) is 3.73. The molecule has 1 aromatic heterocycles. The molecule has 0 aliphatic carbocycles. The highest BCUT2D eigenvalue weighted by molar-refractivity contribution is 7.13. The fraction of sp³-hybridized carbons (Fsp3) is 0.286. The van der Waals surface area contributed by atoms with Crippen molar-refractivity contribution >= 4 is 40.5 Å². The number of esters is 1. The average Bonchev–Trinajstić information content (AvgIpc) is 2.87. The van der Waals surface area contributed by atoms with Gasteiger partial charge in [0.25, 0.3) is 0 Å². The number of ether oxygens (including phenoxy) is 1. The fourth-order valence-corrected chi connectivity index (χ4v) is 3.17. The van der Waals surface area contributed by atoms with Crippen LogP contribution in [0.25, 0.3) is 10.6 Å². The first-order chi connectivity index (χ1) is 9.52. The Balaban J connectivity index is 2.26. The molecule has 0 saturated heterocycles. The second-order valence-electron chi connectivity index (χ2n) is 4.18. The van der Waals surface area contributed by atoms with Crippen molar-refractivity contribution < 1.29 is 9.53 Å². The first-order valence-electron chi connectivity index (χ1n) is 6.10. The van der Waals surface area contributed by atoms with Crippen molar-refractivity contribution in [3.63, 3.8) is 0 Å². The maximum Gasteiger partial charge on any atom is 0.314 e. The molecule has 20 heavy (non-hydrogen) atoms. The molecule has 0 bridgehead atoms. The summed E-state index contributed by atoms with van der Waals surface area (Å²) in [5.74, 6) is -0.655. The summed E-state index contributed by atoms with van der Waals surface area (Å²) >= 11 is 13.5. The summed E-state index contributed by atoms with van der Waals surface area (Å²) in [6, 6.07) is 5.26. The Kier molecular flexibility index (Phi) is 5.02. The zero-order valence-corrected chi connectivity index (χ0v) is 13.4. The summed E-state index contributed by atoms with van der Waals surface area (Å²) in [6.45, 7) is 3.92. The van der Waals surface area contributed by atoms with Gasteiger partial charge in [-0.25, -0.2) is 4.98 Å². The van der Waals surface area contributed by atoms with Gasteiger partial charge in [-0.15, -0.1) is 11.3 Å². The van der Waals surface area contributed by atoms with Crippen LogP contribution in [0, 0.1) is 0 Å². The molecule has 106 valence electrons. The van der Waals surface area contributed by atoms with Crippen LogP contribution in [0.1, 0.15) is 25.5 Å². The van der Waals surface area contributed by atoms with Crippen LogP contribution in [0.4, 0.5) is 0 Å². The van der Waals surface area contributed by atoms with E-state index >= 15 is 0 Å². The van der Waals surface area contributed by atoms with Gasteiger partial charge in [0, 0.05) is 16.0 Å². The third-order valence-corrected chi connectivity index (χ3v) is 4.21. The van der Waals surface area contributed by atoms with E-state index in [9.17, 15) is 4.79 Å². The van der Waals surface area contributed by atoms with Crippen LogP contribution >= 0.6 is 34.5 Å². The monoisotopic (exact) mass is 329 g/mol. The standard InChI is InChI=1S/C14H13Cl2NO2S/c1-3-19-14(18)8(2)12-7-20-13(17-12)10-5-4-9(15)6-11(10)16/h4-8H,3H2,1-2H3. The van der Waals surface area contributed by atoms with E-state index in [2.05, 4.69) is 4.98 Å². The molecular weight excluding hydrogens is 317 g/mol. The third-order valence-electron chi connectivity index (χ3n) is 2.77. The predicted octanol–water partition coefficient (Wildman–Crippen LogP) is 4.78. The van der Waals surface area contributed by atoms with Crippen molar-refractivity contribution in [2.24, 2.45) is 0 Å². The van der Waals surface area contributed by atoms with Crippen molar-refractivity contribution in [3.05, 3.63) is 39.3 Å². The zero-order valence-electron chi connectivity index (χ0n) is 11.0. The smallest absolute Gasteiger partial charge is 0.314 e. The van der Waals surface area contributed by atoms with Crippen molar-refractivity contribution in [1.29, 1.82) is 0 Å². The lowest BCUT2D eigenvalue weighted by atomic mass is 10.1. The van der Waals surface area contributed by atoms with Gasteiger partial charge in [-0.3, -0.25) is 4.79 Å². The molecule has 0 amide bonds. The lowest BCUT2D eigenvalue weighted by Crippen LogP contribution is -2.13. The highest BCUT2D eigenvalue weighted by Gasteiger charge is 2.20. The van der Waals surface area contributed by atoms with E-state index in [1.165, 1.54) is 11.3 Å². The van der Waals surface area contributed by atoms with Crippen LogP contribution in [0.2, 0.25) is 10.0 Å². The van der Waals surface area contributed by atoms with Gasteiger partial charge in [-0.05, 0) is 32.0 Å². The minimum atomic E-state index is -0.383. The quantitative estimate of drug-likeness (QED) is 0.757. The molecule has 3 nitrogen and oxygen atoms in total. The number of hydrogen-bond donors (Lipinski definition) is 0. The van der Waals surface area contributed by atoms with E-state index in [1.54, 1.807) is 26.0 Å². The molecule has 0 spiro atoms. The van der Waals surface area contributed by atoms with Crippen LogP contribution < -0.4 is 0 Å². The Hall–Kier alpha value is -1.10. The highest BCUT2D eigenvalue weighted by atomic mass is 35.5. The summed E-state index contributed by atoms with van der Waals surface area (Å²) in [6.07, 6.45) is 0. The summed E-state index contributed by atoms with van der Waals surface area (Å²) in [5.41, 5.74) is 1.50. The maximum atomic E-state index is 11.7. The van der Waals surface area contributed by atoms with Crippen LogP contribution in [-0.4, -0.2) is 17.6 Å². The minimum absolute atomic E-state index is 0.272. The molecule has 0 aliphatic heterocycles. The van der Waals surface area contributed by atoms with Gasteiger partial charge in [-0.2, -0.15) is 0 Å². The molecule has 1 aromatic carbocycles. The zero-order chi connectivity index (χ0) is 14.7. The number of thiazole rings is 1. The van der Waals surface area contributed by atoms with E-state index in [0.29, 0.717) is 22.3 Å². The molecule has 0 saturated carbocycles. The Morgan fingerprint density at radius 2 is 2.20 bits per heavy atom. The number of rotatable bonds is 4. The van der Waals surface area contributed by atoms with E-state index in [0.717, 1.165) is 10.6 Å². The van der Waals surface area contributed by atoms with Crippen LogP contribution in [-0.2, 0) is 9.53 Å². The van der Waals surface area contributed by atoms with Gasteiger partial charge < -0.3 is 4.74 Å². The number of carbonyl (C=O) groups excluding carboxylic acids is 1. The molecule has 2 aromatic rings. The van der Waals surface area contributed by atoms with Gasteiger partial charge in [0.2, 0.25) is 0 Å². The molecular formula is C14H13Cl2NO2S. The van der Waals surface area contributed by atoms with E-state index in [-0.39, 0.29) is 11.9 Å². The van der Waals surface area contributed by atoms with E-state index in [4.69, 9.17) is 27.9 Å². The largest absolute Gasteiger partial charge is 0.465 e. The van der Waals surface area contributed by atoms with E-state index in [1.807, 2.05) is 11.4 Å². The highest BCUT2D eigenvalue weighted by Crippen LogP contribution is 2.33. The Bertz CT molecular complexity index is 627. The second kappa shape index (κ2) is 6.57. The lowest BCUT2D eigenvalue weighted by molar-refractivity contribution is -0.144. The average molecular weight is 330 g/mol. The molecule has 2 rings (SSSR count). The molecule has 1 atom stereocenters. The number of benzene rings is 1. The Morgan fingerprint density at radius 1 is 1.45 bits per heavy atom. The van der Waals surface area contributed by atoms with Gasteiger partial charge in [-0.1, -0.05) is 23.2 Å². The predicted molar refractivity (Wildman–Crippen MR) is 82.6 cm³/mol. The molecule has 1 heterocycles. The second-order valence-corrected chi connectivity index (χ2v) is 5.88. The first-order valence-corrected chi connectivity index (χ1v) is 7.74. The third kappa shape index (κ3) is 3.32. The molecule has 0 N–H and O–H groups in total. The van der Waals surface area contributed by atoms with Gasteiger partial charge >= 0.3 is 5.97 Å². The summed E-state index contributed by atoms with van der Waals surface area (Å²) in [4.78, 5) is 16.2. The maximum absolute atomic E-state index is 11.7. The summed E-state index contributed by atoms with van der Waals surface area (Å²) < 4.78 is 4.99.